The number of benzene rings is 2. The van der Waals surface area contributed by atoms with Crippen LogP contribution < -0.4 is 15.4 Å². The zero-order chi connectivity index (χ0) is 19.2. The lowest BCUT2D eigenvalue weighted by atomic mass is 10.1. The molecule has 8 heteroatoms. The van der Waals surface area contributed by atoms with E-state index in [1.807, 2.05) is 0 Å². The summed E-state index contributed by atoms with van der Waals surface area (Å²) in [6, 6.07) is 11.3. The molecule has 2 N–H and O–H groups in total. The van der Waals surface area contributed by atoms with Crippen LogP contribution in [0.3, 0.4) is 0 Å². The van der Waals surface area contributed by atoms with E-state index < -0.39 is 11.6 Å². The number of halogens is 2. The van der Waals surface area contributed by atoms with E-state index in [4.69, 9.17) is 4.74 Å². The molecule has 0 spiro atoms. The number of carbonyl (C=O) groups excluding carboxylic acids is 1. The molecule has 0 saturated carbocycles. The molecule has 6 nitrogen and oxygen atoms in total. The second kappa shape index (κ2) is 8.22. The van der Waals surface area contributed by atoms with Gasteiger partial charge < -0.3 is 15.4 Å². The Morgan fingerprint density at radius 3 is 2.41 bits per heavy atom. The molecule has 0 fully saturated rings. The van der Waals surface area contributed by atoms with Crippen LogP contribution in [0.4, 0.5) is 20.3 Å². The van der Waals surface area contributed by atoms with Crippen molar-refractivity contribution >= 4 is 17.4 Å². The fourth-order valence-corrected chi connectivity index (χ4v) is 2.36. The van der Waals surface area contributed by atoms with E-state index in [1.54, 1.807) is 37.4 Å². The normalized spacial score (nSPS) is 10.3. The van der Waals surface area contributed by atoms with Gasteiger partial charge in [0.25, 0.3) is 0 Å². The molecule has 1 heterocycles. The van der Waals surface area contributed by atoms with E-state index in [0.29, 0.717) is 23.1 Å². The number of carbonyl (C=O) groups is 1. The van der Waals surface area contributed by atoms with Gasteiger partial charge in [-0.15, -0.1) is 0 Å². The highest BCUT2D eigenvalue weighted by Gasteiger charge is 2.08. The summed E-state index contributed by atoms with van der Waals surface area (Å²) >= 11 is 0. The summed E-state index contributed by atoms with van der Waals surface area (Å²) in [6.45, 7) is 0. The van der Waals surface area contributed by atoms with Crippen LogP contribution in [0.25, 0.3) is 0 Å². The maximum absolute atomic E-state index is 13.2. The smallest absolute Gasteiger partial charge is 0.228 e. The Labute approximate surface area is 154 Å². The molecular weight excluding hydrogens is 354 g/mol. The summed E-state index contributed by atoms with van der Waals surface area (Å²) < 4.78 is 32.0. The lowest BCUT2D eigenvalue weighted by molar-refractivity contribution is -0.115. The minimum absolute atomic E-state index is 0.138. The van der Waals surface area contributed by atoms with Gasteiger partial charge in [0.15, 0.2) is 0 Å². The van der Waals surface area contributed by atoms with Gasteiger partial charge in [-0.3, -0.25) is 4.79 Å². The maximum atomic E-state index is 13.2. The standard InChI is InChI=1S/C19H16F2N4O2/c1-22-17-10-19(24-11-23-17)27-16-4-2-15(3-5-16)25-18(26)8-12-6-13(20)9-14(21)7-12/h2-7,9-11H,8H2,1H3,(H,25,26)(H,22,23,24). The monoisotopic (exact) mass is 370 g/mol. The highest BCUT2D eigenvalue weighted by atomic mass is 19.1. The van der Waals surface area contributed by atoms with E-state index >= 15 is 0 Å². The number of hydrogen-bond donors (Lipinski definition) is 2. The van der Waals surface area contributed by atoms with Crippen molar-refractivity contribution in [2.45, 2.75) is 6.42 Å². The predicted octanol–water partition coefficient (Wildman–Crippen LogP) is 3.77. The van der Waals surface area contributed by atoms with Crippen LogP contribution in [0.5, 0.6) is 11.6 Å². The Balaban J connectivity index is 1.60. The first-order valence-corrected chi connectivity index (χ1v) is 8.04. The molecule has 0 aliphatic carbocycles. The molecule has 2 aromatic carbocycles. The Morgan fingerprint density at radius 1 is 1.04 bits per heavy atom. The van der Waals surface area contributed by atoms with E-state index in [-0.39, 0.29) is 17.9 Å². The quantitative estimate of drug-likeness (QED) is 0.691. The van der Waals surface area contributed by atoms with Crippen molar-refractivity contribution in [3.8, 4) is 11.6 Å². The second-order valence-electron chi connectivity index (χ2n) is 5.62. The van der Waals surface area contributed by atoms with Gasteiger partial charge in [0.2, 0.25) is 11.8 Å². The summed E-state index contributed by atoms with van der Waals surface area (Å²) in [5, 5.41) is 5.55. The molecule has 1 aromatic heterocycles. The first kappa shape index (κ1) is 18.2. The van der Waals surface area contributed by atoms with Crippen molar-refractivity contribution in [2.75, 3.05) is 17.7 Å². The fourth-order valence-electron chi connectivity index (χ4n) is 2.36. The molecule has 0 aliphatic heterocycles. The Bertz CT molecular complexity index is 928. The third-order valence-electron chi connectivity index (χ3n) is 3.55. The summed E-state index contributed by atoms with van der Waals surface area (Å²) in [5.41, 5.74) is 0.789. The number of hydrogen-bond acceptors (Lipinski definition) is 5. The lowest BCUT2D eigenvalue weighted by Gasteiger charge is -2.08. The van der Waals surface area contributed by atoms with Gasteiger partial charge in [-0.2, -0.15) is 0 Å². The zero-order valence-corrected chi connectivity index (χ0v) is 14.4. The van der Waals surface area contributed by atoms with Gasteiger partial charge in [-0.05, 0) is 42.0 Å². The van der Waals surface area contributed by atoms with Crippen molar-refractivity contribution in [3.63, 3.8) is 0 Å². The minimum Gasteiger partial charge on any atom is -0.439 e. The molecule has 138 valence electrons. The van der Waals surface area contributed by atoms with Gasteiger partial charge >= 0.3 is 0 Å². The van der Waals surface area contributed by atoms with Crippen LogP contribution in [-0.4, -0.2) is 22.9 Å². The topological polar surface area (TPSA) is 76.1 Å². The van der Waals surface area contributed by atoms with Gasteiger partial charge in [0, 0.05) is 24.9 Å². The SMILES string of the molecule is CNc1cc(Oc2ccc(NC(=O)Cc3cc(F)cc(F)c3)cc2)ncn1. The highest BCUT2D eigenvalue weighted by molar-refractivity contribution is 5.92. The Kier molecular flexibility index (Phi) is 5.55. The van der Waals surface area contributed by atoms with Crippen LogP contribution in [-0.2, 0) is 11.2 Å². The Morgan fingerprint density at radius 2 is 1.74 bits per heavy atom. The van der Waals surface area contributed by atoms with E-state index in [9.17, 15) is 13.6 Å². The average molecular weight is 370 g/mol. The summed E-state index contributed by atoms with van der Waals surface area (Å²) in [7, 11) is 1.74. The van der Waals surface area contributed by atoms with Crippen LogP contribution in [0.2, 0.25) is 0 Å². The van der Waals surface area contributed by atoms with Crippen LogP contribution in [0, 0.1) is 11.6 Å². The van der Waals surface area contributed by atoms with Gasteiger partial charge in [0.1, 0.15) is 29.5 Å². The van der Waals surface area contributed by atoms with Crippen LogP contribution in [0.1, 0.15) is 5.56 Å². The van der Waals surface area contributed by atoms with Crippen LogP contribution >= 0.6 is 0 Å². The average Bonchev–Trinajstić information content (AvgIpc) is 2.62. The van der Waals surface area contributed by atoms with Crippen molar-refractivity contribution in [2.24, 2.45) is 0 Å². The number of rotatable bonds is 6. The number of aromatic nitrogens is 2. The fraction of sp³-hybridized carbons (Fsp3) is 0.105. The number of nitrogens with zero attached hydrogens (tertiary/aromatic N) is 2. The summed E-state index contributed by atoms with van der Waals surface area (Å²) in [5.74, 6) is -0.295. The minimum atomic E-state index is -0.717. The zero-order valence-electron chi connectivity index (χ0n) is 14.4. The number of amides is 1. The number of ether oxygens (including phenoxy) is 1. The number of anilines is 2. The molecule has 0 aliphatic rings. The highest BCUT2D eigenvalue weighted by Crippen LogP contribution is 2.22. The molecular formula is C19H16F2N4O2. The van der Waals surface area contributed by atoms with Crippen molar-refractivity contribution in [3.05, 3.63) is 72.1 Å². The molecule has 3 aromatic rings. The summed E-state index contributed by atoms with van der Waals surface area (Å²) in [6.07, 6.45) is 1.24. The van der Waals surface area contributed by atoms with Crippen molar-refractivity contribution in [1.29, 1.82) is 0 Å². The second-order valence-corrected chi connectivity index (χ2v) is 5.62. The Hall–Kier alpha value is -3.55. The van der Waals surface area contributed by atoms with Crippen molar-refractivity contribution in [1.82, 2.24) is 9.97 Å². The molecule has 0 saturated heterocycles. The number of nitrogens with one attached hydrogen (secondary N) is 2. The lowest BCUT2D eigenvalue weighted by Crippen LogP contribution is -2.14. The molecule has 0 unspecified atom stereocenters. The van der Waals surface area contributed by atoms with Gasteiger partial charge in [-0.25, -0.2) is 18.7 Å². The molecule has 1 amide bonds. The third kappa shape index (κ3) is 5.21. The molecule has 27 heavy (non-hydrogen) atoms. The first-order chi connectivity index (χ1) is 13.0. The molecule has 0 radical (unpaired) electrons. The summed E-state index contributed by atoms with van der Waals surface area (Å²) in [4.78, 5) is 20.0. The van der Waals surface area contributed by atoms with Crippen LogP contribution in [0.15, 0.2) is 54.9 Å². The maximum Gasteiger partial charge on any atom is 0.228 e. The largest absolute Gasteiger partial charge is 0.439 e. The predicted molar refractivity (Wildman–Crippen MR) is 96.8 cm³/mol. The third-order valence-corrected chi connectivity index (χ3v) is 3.55. The first-order valence-electron chi connectivity index (χ1n) is 8.04. The van der Waals surface area contributed by atoms with E-state index in [2.05, 4.69) is 20.6 Å². The van der Waals surface area contributed by atoms with E-state index in [1.165, 1.54) is 6.33 Å². The van der Waals surface area contributed by atoms with Crippen molar-refractivity contribution < 1.29 is 18.3 Å². The molecule has 3 rings (SSSR count). The van der Waals surface area contributed by atoms with Gasteiger partial charge in [-0.1, -0.05) is 0 Å². The molecule has 0 atom stereocenters. The molecule has 0 bridgehead atoms. The van der Waals surface area contributed by atoms with Gasteiger partial charge in [0.05, 0.1) is 6.42 Å². The van der Waals surface area contributed by atoms with E-state index in [0.717, 1.165) is 18.2 Å².